The number of rotatable bonds is 25. The van der Waals surface area contributed by atoms with Crippen LogP contribution in [0.3, 0.4) is 0 Å². The zero-order valence-corrected chi connectivity index (χ0v) is 43.7. The highest BCUT2D eigenvalue weighted by molar-refractivity contribution is 7.22. The van der Waals surface area contributed by atoms with Gasteiger partial charge in [0.1, 0.15) is 11.6 Å². The molecule has 4 saturated carbocycles. The van der Waals surface area contributed by atoms with Crippen molar-refractivity contribution in [2.75, 3.05) is 43.5 Å². The lowest BCUT2D eigenvalue weighted by Crippen LogP contribution is -2.64. The molecule has 10 rings (SSSR count). The number of ether oxygens (including phenoxy) is 1. The smallest absolute Gasteiger partial charge is 0.355 e. The number of nitrogens with one attached hydrogen (secondary N) is 1. The van der Waals surface area contributed by atoms with Crippen LogP contribution in [0.4, 0.5) is 22.6 Å². The predicted octanol–water partition coefficient (Wildman–Crippen LogP) is 12.8. The molecule has 0 radical (unpaired) electrons. The van der Waals surface area contributed by atoms with Crippen LogP contribution in [-0.4, -0.2) is 90.6 Å². The molecule has 5 heterocycles. The molecule has 2 unspecified atom stereocenters. The van der Waals surface area contributed by atoms with Crippen LogP contribution in [0.5, 0.6) is 0 Å². The number of nitrogens with zero attached hydrogens (tertiary/aromatic N) is 8. The molecule has 4 fully saturated rings. The number of likely N-dealkylation sites (N-methyl/N-ethyl adjacent to an activating group) is 1. The van der Waals surface area contributed by atoms with Crippen molar-refractivity contribution in [3.05, 3.63) is 65.1 Å². The molecule has 14 heteroatoms. The summed E-state index contributed by atoms with van der Waals surface area (Å²) in [5, 5.41) is 29.1. The highest BCUT2D eigenvalue weighted by Gasteiger charge is 2.66. The molecule has 70 heavy (non-hydrogen) atoms. The lowest BCUT2D eigenvalue weighted by Gasteiger charge is -2.69. The van der Waals surface area contributed by atoms with Gasteiger partial charge in [-0.15, -0.1) is 10.2 Å². The first kappa shape index (κ1) is 50.2. The maximum atomic E-state index is 13.1. The van der Waals surface area contributed by atoms with E-state index in [2.05, 4.69) is 60.8 Å². The highest BCUT2D eigenvalue weighted by Crippen LogP contribution is 2.72. The van der Waals surface area contributed by atoms with Gasteiger partial charge in [0.15, 0.2) is 22.5 Å². The average molecular weight is 972 g/mol. The molecule has 4 aromatic heterocycles. The Morgan fingerprint density at radius 1 is 0.829 bits per heavy atom. The predicted molar refractivity (Wildman–Crippen MR) is 281 cm³/mol. The van der Waals surface area contributed by atoms with Gasteiger partial charge in [-0.25, -0.2) is 14.8 Å². The maximum Gasteiger partial charge on any atom is 0.355 e. The molecule has 5 aromatic rings. The minimum absolute atomic E-state index is 0.00900. The van der Waals surface area contributed by atoms with E-state index in [-0.39, 0.29) is 27.5 Å². The van der Waals surface area contributed by atoms with Crippen LogP contribution in [0, 0.1) is 30.1 Å². The molecule has 2 N–H and O–H groups in total. The molecule has 4 aliphatic carbocycles. The number of fused-ring (bicyclic) bond motifs is 2. The van der Waals surface area contributed by atoms with E-state index in [0.29, 0.717) is 35.3 Å². The number of pyridine rings is 1. The number of anilines is 4. The summed E-state index contributed by atoms with van der Waals surface area (Å²) in [6.45, 7) is 15.1. The molecule has 5 aliphatic rings. The van der Waals surface area contributed by atoms with Crippen LogP contribution in [0.1, 0.15) is 170 Å². The molecule has 1 aromatic carbocycles. The molecule has 376 valence electrons. The molecule has 4 bridgehead atoms. The van der Waals surface area contributed by atoms with Gasteiger partial charge in [0.25, 0.3) is 0 Å². The zero-order chi connectivity index (χ0) is 49.1. The maximum absolute atomic E-state index is 13.1. The van der Waals surface area contributed by atoms with E-state index in [1.54, 1.807) is 18.3 Å². The number of ketones is 1. The van der Waals surface area contributed by atoms with Crippen LogP contribution in [0.25, 0.3) is 21.3 Å². The number of aromatic carboxylic acids is 1. The van der Waals surface area contributed by atoms with E-state index in [0.717, 1.165) is 122 Å². The fourth-order valence-corrected chi connectivity index (χ4v) is 15.0. The number of unbranched alkanes of at least 4 members (excludes halogenated alkanes) is 10. The summed E-state index contributed by atoms with van der Waals surface area (Å²) < 4.78 is 10.4. The minimum Gasteiger partial charge on any atom is -0.476 e. The summed E-state index contributed by atoms with van der Waals surface area (Å²) in [5.41, 5.74) is 5.72. The molecule has 1 aliphatic heterocycles. The van der Waals surface area contributed by atoms with E-state index in [1.165, 1.54) is 70.6 Å². The Morgan fingerprint density at radius 2 is 1.53 bits per heavy atom. The van der Waals surface area contributed by atoms with Gasteiger partial charge in [-0.1, -0.05) is 95.1 Å². The fourth-order valence-electron chi connectivity index (χ4n) is 14.1. The monoisotopic (exact) mass is 972 g/mol. The van der Waals surface area contributed by atoms with Gasteiger partial charge in [0, 0.05) is 54.0 Å². The number of carbonyl (C=O) groups excluding carboxylic acids is 1. The largest absolute Gasteiger partial charge is 0.476 e. The normalized spacial score (nSPS) is 23.7. The summed E-state index contributed by atoms with van der Waals surface area (Å²) in [4.78, 5) is 38.2. The lowest BCUT2D eigenvalue weighted by atomic mass is 9.39. The number of para-hydroxylation sites is 1. The minimum atomic E-state index is -1.07. The third kappa shape index (κ3) is 11.3. The second-order valence-electron chi connectivity index (χ2n) is 22.9. The number of hydrogen-bond donors (Lipinski definition) is 2. The van der Waals surface area contributed by atoms with E-state index in [1.807, 2.05) is 41.4 Å². The van der Waals surface area contributed by atoms with Crippen molar-refractivity contribution in [2.45, 2.75) is 175 Å². The second kappa shape index (κ2) is 21.1. The summed E-state index contributed by atoms with van der Waals surface area (Å²) in [6.07, 6.45) is 25.2. The van der Waals surface area contributed by atoms with Gasteiger partial charge in [0.05, 0.1) is 28.6 Å². The lowest BCUT2D eigenvalue weighted by molar-refractivity contribution is -0.248. The fraction of sp³-hybridized carbons (Fsp3) is 0.625. The van der Waals surface area contributed by atoms with E-state index in [9.17, 15) is 14.7 Å². The molecular formula is C56H77N9O4S. The van der Waals surface area contributed by atoms with Crippen molar-refractivity contribution in [1.82, 2.24) is 34.8 Å². The van der Waals surface area contributed by atoms with Crippen molar-refractivity contribution in [2.24, 2.45) is 16.2 Å². The third-order valence-electron chi connectivity index (χ3n) is 16.2. The topological polar surface area (TPSA) is 151 Å². The van der Waals surface area contributed by atoms with Gasteiger partial charge in [-0.3, -0.25) is 4.68 Å². The Labute approximate surface area is 419 Å². The van der Waals surface area contributed by atoms with E-state index in [4.69, 9.17) is 24.9 Å². The molecule has 0 amide bonds. The van der Waals surface area contributed by atoms with E-state index >= 15 is 0 Å². The highest BCUT2D eigenvalue weighted by atomic mass is 32.1. The van der Waals surface area contributed by atoms with Crippen LogP contribution >= 0.6 is 11.3 Å². The first-order valence-electron chi connectivity index (χ1n) is 26.5. The van der Waals surface area contributed by atoms with Gasteiger partial charge in [-0.05, 0) is 139 Å². The van der Waals surface area contributed by atoms with Crippen molar-refractivity contribution < 1.29 is 19.4 Å². The van der Waals surface area contributed by atoms with Gasteiger partial charge < -0.3 is 29.8 Å². The number of carbonyl (C=O) groups is 2. The van der Waals surface area contributed by atoms with Crippen molar-refractivity contribution in [1.29, 1.82) is 0 Å². The van der Waals surface area contributed by atoms with Gasteiger partial charge in [0.2, 0.25) is 0 Å². The van der Waals surface area contributed by atoms with Crippen LogP contribution in [0.2, 0.25) is 0 Å². The Morgan fingerprint density at radius 3 is 2.23 bits per heavy atom. The quantitative estimate of drug-likeness (QED) is 0.0536. The average Bonchev–Trinajstić information content (AvgIpc) is 3.88. The first-order chi connectivity index (χ1) is 33.6. The number of thiazole rings is 1. The number of carboxylic acids is 1. The summed E-state index contributed by atoms with van der Waals surface area (Å²) in [5.74, 6) is 1.17. The Hall–Kier alpha value is -4.79. The van der Waals surface area contributed by atoms with Crippen molar-refractivity contribution >= 4 is 55.9 Å². The van der Waals surface area contributed by atoms with Gasteiger partial charge >= 0.3 is 5.97 Å². The summed E-state index contributed by atoms with van der Waals surface area (Å²) >= 11 is 1.58. The molecular weight excluding hydrogens is 895 g/mol. The number of carboxylic acid groups (broad SMARTS) is 1. The number of Topliss-reactive ketones (excluding diaryl/α,β-unsaturated/α-hetero) is 1. The van der Waals surface area contributed by atoms with Crippen molar-refractivity contribution in [3.8, 4) is 11.1 Å². The third-order valence-corrected chi connectivity index (χ3v) is 17.2. The summed E-state index contributed by atoms with van der Waals surface area (Å²) in [6, 6.07) is 11.9. The number of aromatic nitrogens is 6. The molecule has 4 atom stereocenters. The first-order valence-corrected chi connectivity index (χ1v) is 27.3. The molecule has 13 nitrogen and oxygen atoms in total. The van der Waals surface area contributed by atoms with Crippen LogP contribution < -0.4 is 10.2 Å². The second-order valence-corrected chi connectivity index (χ2v) is 23.9. The van der Waals surface area contributed by atoms with Gasteiger partial charge in [-0.2, -0.15) is 5.10 Å². The SMILES string of the molecule is CC(=O)CCCCCCCCCCCCCN(C)CCOC12CC3(Cn4ncc(-c5ccc(N6CCCc7c6nnc(Nc6nc8ccccc8s6)c7C)nc5C(=O)O)c4C)C[C@@](C)(C1)C[C@](C)(C3)C2. The zero-order valence-electron chi connectivity index (χ0n) is 42.9. The van der Waals surface area contributed by atoms with Crippen LogP contribution in [0.15, 0.2) is 42.6 Å². The van der Waals surface area contributed by atoms with E-state index < -0.39 is 5.97 Å². The molecule has 0 spiro atoms. The Balaban J connectivity index is 0.808. The standard InChI is InChI=1S/C56H77N9O4S/c1-39(66)21-16-14-12-10-8-7-9-11-13-15-19-27-63(6)29-30-69-56-35-53(4)32-54(5,36-56)34-55(33-53,37-56)38-65-41(3)44(31-57-65)43-25-26-47(59-48(43)51(67)68)64-28-20-22-42-40(2)49(61-62-50(42)64)60-52-58-45-23-17-18-24-46(45)70-52/h17-18,23-26,31H,7-16,19-22,27-30,32-38H2,1-6H3,(H,67,68)(H,58,60,61)/t53-,54+,55?,56?. The number of benzene rings is 1. The summed E-state index contributed by atoms with van der Waals surface area (Å²) in [7, 11) is 2.25. The van der Waals surface area contributed by atoms with Crippen molar-refractivity contribution in [3.63, 3.8) is 0 Å². The number of hydrogen-bond acceptors (Lipinski definition) is 12. The van der Waals surface area contributed by atoms with Crippen LogP contribution in [-0.2, 0) is 22.5 Å². The molecule has 0 saturated heterocycles. The Kier molecular flexibility index (Phi) is 15.1. The Bertz CT molecular complexity index is 2610.